The highest BCUT2D eigenvalue weighted by Gasteiger charge is 2.31. The zero-order valence-electron chi connectivity index (χ0n) is 18.8. The predicted molar refractivity (Wildman–Crippen MR) is 121 cm³/mol. The summed E-state index contributed by atoms with van der Waals surface area (Å²) in [5, 5.41) is 12.8. The molecule has 3 aromatic carbocycles. The SMILES string of the molecule is CC(C)CC(C(=O)O)c1cc(Nc2ccc(C(F)(F)F)cc2)cc(-c2ccc(C(F)(F)F)cc2)c1. The molecule has 0 saturated heterocycles. The zero-order valence-corrected chi connectivity index (χ0v) is 18.8. The summed E-state index contributed by atoms with van der Waals surface area (Å²) in [6.45, 7) is 3.74. The molecule has 3 nitrogen and oxygen atoms in total. The Labute approximate surface area is 198 Å². The number of carbonyl (C=O) groups is 1. The van der Waals surface area contributed by atoms with Crippen molar-refractivity contribution in [2.45, 2.75) is 38.5 Å². The fraction of sp³-hybridized carbons (Fsp3) is 0.269. The number of benzene rings is 3. The number of carboxylic acids is 1. The van der Waals surface area contributed by atoms with E-state index in [1.807, 2.05) is 13.8 Å². The third kappa shape index (κ3) is 6.77. The molecular formula is C26H23F6NO2. The molecule has 0 radical (unpaired) electrons. The van der Waals surface area contributed by atoms with Crippen LogP contribution in [0.1, 0.15) is 42.9 Å². The molecule has 0 aromatic heterocycles. The lowest BCUT2D eigenvalue weighted by Gasteiger charge is -2.19. The van der Waals surface area contributed by atoms with E-state index in [1.165, 1.54) is 24.3 Å². The normalized spacial score (nSPS) is 13.1. The first kappa shape index (κ1) is 26.1. The van der Waals surface area contributed by atoms with Crippen LogP contribution in [0.15, 0.2) is 66.7 Å². The third-order valence-electron chi connectivity index (χ3n) is 5.41. The molecule has 0 fully saturated rings. The topological polar surface area (TPSA) is 49.3 Å². The van der Waals surface area contributed by atoms with Crippen LogP contribution in [0, 0.1) is 5.92 Å². The van der Waals surface area contributed by atoms with Crippen LogP contribution < -0.4 is 5.32 Å². The van der Waals surface area contributed by atoms with E-state index >= 15 is 0 Å². The summed E-state index contributed by atoms with van der Waals surface area (Å²) in [6.07, 6.45) is -8.66. The van der Waals surface area contributed by atoms with Crippen LogP contribution in [0.5, 0.6) is 0 Å². The monoisotopic (exact) mass is 495 g/mol. The molecule has 1 atom stereocenters. The van der Waals surface area contributed by atoms with Crippen molar-refractivity contribution in [2.24, 2.45) is 5.92 Å². The van der Waals surface area contributed by atoms with Gasteiger partial charge in [-0.3, -0.25) is 4.79 Å². The van der Waals surface area contributed by atoms with Gasteiger partial charge >= 0.3 is 18.3 Å². The second-order valence-electron chi connectivity index (χ2n) is 8.64. The quantitative estimate of drug-likeness (QED) is 0.324. The van der Waals surface area contributed by atoms with Gasteiger partial charge in [-0.05, 0) is 77.6 Å². The number of nitrogens with one attached hydrogen (secondary N) is 1. The second-order valence-corrected chi connectivity index (χ2v) is 8.64. The molecule has 3 rings (SSSR count). The fourth-order valence-corrected chi connectivity index (χ4v) is 3.70. The predicted octanol–water partition coefficient (Wildman–Crippen LogP) is 8.35. The number of rotatable bonds is 7. The Balaban J connectivity index is 2.04. The van der Waals surface area contributed by atoms with Crippen LogP contribution in [0.25, 0.3) is 11.1 Å². The maximum Gasteiger partial charge on any atom is 0.416 e. The molecule has 9 heteroatoms. The molecule has 0 bridgehead atoms. The third-order valence-corrected chi connectivity index (χ3v) is 5.41. The van der Waals surface area contributed by atoms with Crippen molar-refractivity contribution in [1.82, 2.24) is 0 Å². The molecule has 0 aliphatic rings. The zero-order chi connectivity index (χ0) is 26.0. The van der Waals surface area contributed by atoms with E-state index in [1.54, 1.807) is 18.2 Å². The van der Waals surface area contributed by atoms with Gasteiger partial charge < -0.3 is 10.4 Å². The van der Waals surface area contributed by atoms with Gasteiger partial charge in [0.05, 0.1) is 17.0 Å². The van der Waals surface area contributed by atoms with E-state index in [-0.39, 0.29) is 5.92 Å². The lowest BCUT2D eigenvalue weighted by Crippen LogP contribution is -2.14. The summed E-state index contributed by atoms with van der Waals surface area (Å²) in [5.41, 5.74) is 0.438. The minimum Gasteiger partial charge on any atom is -0.481 e. The first-order chi connectivity index (χ1) is 16.2. The first-order valence-electron chi connectivity index (χ1n) is 10.7. The van der Waals surface area contributed by atoms with Gasteiger partial charge in [0.15, 0.2) is 0 Å². The number of hydrogen-bond acceptors (Lipinski definition) is 2. The van der Waals surface area contributed by atoms with Crippen molar-refractivity contribution in [3.05, 3.63) is 83.4 Å². The Morgan fingerprint density at radius 3 is 1.74 bits per heavy atom. The summed E-state index contributed by atoms with van der Waals surface area (Å²) in [6, 6.07) is 13.6. The lowest BCUT2D eigenvalue weighted by molar-refractivity contribution is -0.139. The molecule has 1 unspecified atom stereocenters. The smallest absolute Gasteiger partial charge is 0.416 e. The van der Waals surface area contributed by atoms with Crippen molar-refractivity contribution in [3.63, 3.8) is 0 Å². The number of hydrogen-bond donors (Lipinski definition) is 2. The molecule has 0 amide bonds. The second kappa shape index (κ2) is 10.0. The van der Waals surface area contributed by atoms with Gasteiger partial charge in [-0.15, -0.1) is 0 Å². The summed E-state index contributed by atoms with van der Waals surface area (Å²) in [4.78, 5) is 12.0. The van der Waals surface area contributed by atoms with Crippen LogP contribution in [0.2, 0.25) is 0 Å². The minimum absolute atomic E-state index is 0.0529. The summed E-state index contributed by atoms with van der Waals surface area (Å²) in [7, 11) is 0. The Kier molecular flexibility index (Phi) is 7.47. The summed E-state index contributed by atoms with van der Waals surface area (Å²) >= 11 is 0. The van der Waals surface area contributed by atoms with Gasteiger partial charge in [-0.25, -0.2) is 0 Å². The largest absolute Gasteiger partial charge is 0.481 e. The van der Waals surface area contributed by atoms with E-state index in [4.69, 9.17) is 0 Å². The number of aliphatic carboxylic acids is 1. The standard InChI is InChI=1S/C26H23F6NO2/c1-15(2)11-23(24(34)35)18-12-17(16-3-5-19(6-4-16)25(27,28)29)13-22(14-18)33-21-9-7-20(8-10-21)26(30,31)32/h3-10,12-15,23,33H,11H2,1-2H3,(H,34,35). The van der Waals surface area contributed by atoms with Gasteiger partial charge in [-0.2, -0.15) is 26.3 Å². The van der Waals surface area contributed by atoms with Crippen LogP contribution >= 0.6 is 0 Å². The molecular weight excluding hydrogens is 472 g/mol. The molecule has 0 aliphatic carbocycles. The van der Waals surface area contributed by atoms with E-state index in [0.29, 0.717) is 34.5 Å². The molecule has 0 spiro atoms. The van der Waals surface area contributed by atoms with Gasteiger partial charge in [0, 0.05) is 11.4 Å². The Hall–Kier alpha value is -3.49. The number of anilines is 2. The highest BCUT2D eigenvalue weighted by molar-refractivity contribution is 5.80. The van der Waals surface area contributed by atoms with Crippen LogP contribution in [0.3, 0.4) is 0 Å². The molecule has 35 heavy (non-hydrogen) atoms. The van der Waals surface area contributed by atoms with Gasteiger partial charge in [0.25, 0.3) is 0 Å². The summed E-state index contributed by atoms with van der Waals surface area (Å²) < 4.78 is 77.5. The van der Waals surface area contributed by atoms with Gasteiger partial charge in [0.2, 0.25) is 0 Å². The molecule has 0 aliphatic heterocycles. The van der Waals surface area contributed by atoms with E-state index in [9.17, 15) is 36.2 Å². The average molecular weight is 495 g/mol. The maximum absolute atomic E-state index is 13.0. The van der Waals surface area contributed by atoms with E-state index < -0.39 is 35.4 Å². The average Bonchev–Trinajstić information content (AvgIpc) is 2.76. The first-order valence-corrected chi connectivity index (χ1v) is 10.7. The molecule has 2 N–H and O–H groups in total. The van der Waals surface area contributed by atoms with Crippen molar-refractivity contribution in [1.29, 1.82) is 0 Å². The molecule has 0 heterocycles. The van der Waals surface area contributed by atoms with E-state index in [0.717, 1.165) is 24.3 Å². The van der Waals surface area contributed by atoms with Crippen LogP contribution in [0.4, 0.5) is 37.7 Å². The Morgan fingerprint density at radius 1 is 0.771 bits per heavy atom. The maximum atomic E-state index is 13.0. The highest BCUT2D eigenvalue weighted by atomic mass is 19.4. The van der Waals surface area contributed by atoms with Crippen LogP contribution in [-0.2, 0) is 17.1 Å². The number of carboxylic acid groups (broad SMARTS) is 1. The van der Waals surface area contributed by atoms with Crippen molar-refractivity contribution in [3.8, 4) is 11.1 Å². The molecule has 186 valence electrons. The highest BCUT2D eigenvalue weighted by Crippen LogP contribution is 2.36. The van der Waals surface area contributed by atoms with E-state index in [2.05, 4.69) is 5.32 Å². The molecule has 0 saturated carbocycles. The van der Waals surface area contributed by atoms with Crippen molar-refractivity contribution >= 4 is 17.3 Å². The summed E-state index contributed by atoms with van der Waals surface area (Å²) in [5.74, 6) is -1.88. The Morgan fingerprint density at radius 2 is 1.29 bits per heavy atom. The minimum atomic E-state index is -4.50. The Bertz CT molecular complexity index is 1170. The van der Waals surface area contributed by atoms with Crippen molar-refractivity contribution in [2.75, 3.05) is 5.32 Å². The number of halogens is 6. The van der Waals surface area contributed by atoms with Crippen LogP contribution in [-0.4, -0.2) is 11.1 Å². The fourth-order valence-electron chi connectivity index (χ4n) is 3.70. The van der Waals surface area contributed by atoms with Gasteiger partial charge in [0.1, 0.15) is 0 Å². The number of alkyl halides is 6. The molecule has 3 aromatic rings. The lowest BCUT2D eigenvalue weighted by atomic mass is 9.88. The van der Waals surface area contributed by atoms with Gasteiger partial charge in [-0.1, -0.05) is 32.0 Å². The van der Waals surface area contributed by atoms with Crippen molar-refractivity contribution < 1.29 is 36.2 Å².